The predicted octanol–water partition coefficient (Wildman–Crippen LogP) is 5.51. The minimum absolute atomic E-state index is 0.0817. The molecular weight excluding hydrogens is 376 g/mol. The predicted molar refractivity (Wildman–Crippen MR) is 116 cm³/mol. The van der Waals surface area contributed by atoms with E-state index in [0.29, 0.717) is 28.5 Å². The molecule has 1 aliphatic rings. The molecule has 3 nitrogen and oxygen atoms in total. The van der Waals surface area contributed by atoms with Crippen molar-refractivity contribution < 1.29 is 4.79 Å². The van der Waals surface area contributed by atoms with Gasteiger partial charge in [-0.2, -0.15) is 0 Å². The average Bonchev–Trinajstić information content (AvgIpc) is 2.60. The molecule has 0 fully saturated rings. The fourth-order valence-corrected chi connectivity index (χ4v) is 3.74. The monoisotopic (exact) mass is 398 g/mol. The SMILES string of the molecule is CC1(C)CC(=O)C(C(=S)Nc2ccccc2)=C(NCc2ccc(Cl)cc2)C1. The molecule has 2 aromatic carbocycles. The van der Waals surface area contributed by atoms with Crippen molar-refractivity contribution in [1.29, 1.82) is 0 Å². The van der Waals surface area contributed by atoms with Crippen LogP contribution in [0.2, 0.25) is 5.02 Å². The van der Waals surface area contributed by atoms with Crippen LogP contribution in [0.15, 0.2) is 65.9 Å². The molecule has 0 aromatic heterocycles. The normalized spacial score (nSPS) is 16.2. The minimum atomic E-state index is -0.0920. The van der Waals surface area contributed by atoms with Crippen LogP contribution in [0.5, 0.6) is 0 Å². The van der Waals surface area contributed by atoms with Gasteiger partial charge in [0.2, 0.25) is 0 Å². The topological polar surface area (TPSA) is 41.1 Å². The molecule has 0 saturated carbocycles. The number of rotatable bonds is 5. The number of allylic oxidation sites excluding steroid dienone is 1. The van der Waals surface area contributed by atoms with Crippen LogP contribution in [-0.2, 0) is 11.3 Å². The van der Waals surface area contributed by atoms with Gasteiger partial charge in [0.05, 0.1) is 5.57 Å². The fraction of sp³-hybridized carbons (Fsp3) is 0.273. The van der Waals surface area contributed by atoms with E-state index >= 15 is 0 Å². The molecule has 0 radical (unpaired) electrons. The number of carbonyl (C=O) groups is 1. The molecule has 2 aromatic rings. The van der Waals surface area contributed by atoms with Crippen LogP contribution in [0.1, 0.15) is 32.3 Å². The van der Waals surface area contributed by atoms with Gasteiger partial charge in [0.25, 0.3) is 0 Å². The zero-order valence-corrected chi connectivity index (χ0v) is 17.1. The zero-order chi connectivity index (χ0) is 19.4. The van der Waals surface area contributed by atoms with Crippen LogP contribution in [0, 0.1) is 5.41 Å². The summed E-state index contributed by atoms with van der Waals surface area (Å²) >= 11 is 11.5. The first-order chi connectivity index (χ1) is 12.8. The third-order valence-corrected chi connectivity index (χ3v) is 5.11. The molecule has 0 bridgehead atoms. The summed E-state index contributed by atoms with van der Waals surface area (Å²) in [6.07, 6.45) is 1.27. The van der Waals surface area contributed by atoms with Crippen LogP contribution in [-0.4, -0.2) is 10.8 Å². The number of para-hydroxylation sites is 1. The van der Waals surface area contributed by atoms with Crippen molar-refractivity contribution in [2.75, 3.05) is 5.32 Å². The van der Waals surface area contributed by atoms with Gasteiger partial charge in [-0.15, -0.1) is 0 Å². The lowest BCUT2D eigenvalue weighted by molar-refractivity contribution is -0.117. The van der Waals surface area contributed by atoms with Crippen molar-refractivity contribution in [3.8, 4) is 0 Å². The number of hydrogen-bond donors (Lipinski definition) is 2. The lowest BCUT2D eigenvalue weighted by Gasteiger charge is -2.33. The number of thiocarbonyl (C=S) groups is 1. The number of anilines is 1. The van der Waals surface area contributed by atoms with E-state index in [0.717, 1.165) is 23.4 Å². The summed E-state index contributed by atoms with van der Waals surface area (Å²) in [4.78, 5) is 13.3. The van der Waals surface area contributed by atoms with Crippen molar-refractivity contribution in [2.24, 2.45) is 5.41 Å². The van der Waals surface area contributed by atoms with Crippen LogP contribution in [0.4, 0.5) is 5.69 Å². The van der Waals surface area contributed by atoms with Crippen LogP contribution >= 0.6 is 23.8 Å². The average molecular weight is 399 g/mol. The van der Waals surface area contributed by atoms with Gasteiger partial charge in [0, 0.05) is 29.4 Å². The van der Waals surface area contributed by atoms with E-state index in [-0.39, 0.29) is 11.2 Å². The molecule has 0 heterocycles. The van der Waals surface area contributed by atoms with E-state index in [2.05, 4.69) is 24.5 Å². The molecule has 0 aliphatic heterocycles. The Balaban J connectivity index is 1.84. The van der Waals surface area contributed by atoms with Crippen LogP contribution in [0.3, 0.4) is 0 Å². The molecule has 0 saturated heterocycles. The van der Waals surface area contributed by atoms with E-state index < -0.39 is 0 Å². The Hall–Kier alpha value is -2.17. The second kappa shape index (κ2) is 8.24. The van der Waals surface area contributed by atoms with Gasteiger partial charge in [0.15, 0.2) is 5.78 Å². The smallest absolute Gasteiger partial charge is 0.168 e. The Bertz CT molecular complexity index is 873. The molecule has 2 N–H and O–H groups in total. The molecule has 1 aliphatic carbocycles. The van der Waals surface area contributed by atoms with Gasteiger partial charge in [-0.05, 0) is 41.7 Å². The van der Waals surface area contributed by atoms with E-state index in [1.54, 1.807) is 0 Å². The number of benzene rings is 2. The van der Waals surface area contributed by atoms with Crippen molar-refractivity contribution in [2.45, 2.75) is 33.2 Å². The number of nitrogens with one attached hydrogen (secondary N) is 2. The lowest BCUT2D eigenvalue weighted by atomic mass is 9.75. The number of carbonyl (C=O) groups excluding carboxylic acids is 1. The maximum absolute atomic E-state index is 12.9. The van der Waals surface area contributed by atoms with E-state index in [1.165, 1.54) is 0 Å². The third-order valence-electron chi connectivity index (χ3n) is 4.55. The van der Waals surface area contributed by atoms with Crippen LogP contribution < -0.4 is 10.6 Å². The molecule has 5 heteroatoms. The van der Waals surface area contributed by atoms with Gasteiger partial charge in [-0.1, -0.05) is 68.0 Å². The zero-order valence-electron chi connectivity index (χ0n) is 15.5. The number of ketones is 1. The van der Waals surface area contributed by atoms with E-state index in [4.69, 9.17) is 23.8 Å². The highest BCUT2D eigenvalue weighted by molar-refractivity contribution is 7.81. The fourth-order valence-electron chi connectivity index (χ4n) is 3.26. The first-order valence-electron chi connectivity index (χ1n) is 8.95. The van der Waals surface area contributed by atoms with Gasteiger partial charge < -0.3 is 10.6 Å². The molecule has 0 spiro atoms. The summed E-state index contributed by atoms with van der Waals surface area (Å²) in [5.41, 5.74) is 3.39. The van der Waals surface area contributed by atoms with Crippen molar-refractivity contribution in [1.82, 2.24) is 5.32 Å². The Labute approximate surface area is 170 Å². The first-order valence-corrected chi connectivity index (χ1v) is 9.74. The van der Waals surface area contributed by atoms with Gasteiger partial charge >= 0.3 is 0 Å². The summed E-state index contributed by atoms with van der Waals surface area (Å²) in [6.45, 7) is 4.84. The number of Topliss-reactive ketones (excluding diaryl/α,β-unsaturated/α-hetero) is 1. The lowest BCUT2D eigenvalue weighted by Crippen LogP contribution is -2.35. The maximum Gasteiger partial charge on any atom is 0.168 e. The Morgan fingerprint density at radius 2 is 1.74 bits per heavy atom. The first kappa shape index (κ1) is 19.6. The van der Waals surface area contributed by atoms with Crippen LogP contribution in [0.25, 0.3) is 0 Å². The van der Waals surface area contributed by atoms with Crippen molar-refractivity contribution in [3.63, 3.8) is 0 Å². The summed E-state index contributed by atoms with van der Waals surface area (Å²) < 4.78 is 0. The summed E-state index contributed by atoms with van der Waals surface area (Å²) in [6, 6.07) is 17.4. The minimum Gasteiger partial charge on any atom is -0.384 e. The van der Waals surface area contributed by atoms with Gasteiger partial charge in [-0.25, -0.2) is 0 Å². The summed E-state index contributed by atoms with van der Waals surface area (Å²) in [5, 5.41) is 7.36. The molecule has 140 valence electrons. The Morgan fingerprint density at radius 3 is 2.41 bits per heavy atom. The number of halogens is 1. The highest BCUT2D eigenvalue weighted by atomic mass is 35.5. The van der Waals surface area contributed by atoms with Gasteiger partial charge in [0.1, 0.15) is 4.99 Å². The summed E-state index contributed by atoms with van der Waals surface area (Å²) in [5.74, 6) is 0.0817. The molecule has 27 heavy (non-hydrogen) atoms. The highest BCUT2D eigenvalue weighted by Gasteiger charge is 2.34. The third kappa shape index (κ3) is 5.18. The quantitative estimate of drug-likeness (QED) is 0.651. The van der Waals surface area contributed by atoms with Crippen molar-refractivity contribution >= 4 is 40.3 Å². The Kier molecular flexibility index (Phi) is 5.98. The second-order valence-electron chi connectivity index (χ2n) is 7.59. The number of hydrogen-bond acceptors (Lipinski definition) is 3. The standard InChI is InChI=1S/C22H23ClN2OS/c1-22(2)12-18(24-14-15-8-10-16(23)11-9-15)20(19(26)13-22)21(27)25-17-6-4-3-5-7-17/h3-11,24H,12-14H2,1-2H3,(H,25,27). The largest absolute Gasteiger partial charge is 0.384 e. The molecule has 0 unspecified atom stereocenters. The van der Waals surface area contributed by atoms with Gasteiger partial charge in [-0.3, -0.25) is 4.79 Å². The highest BCUT2D eigenvalue weighted by Crippen LogP contribution is 2.36. The summed E-state index contributed by atoms with van der Waals surface area (Å²) in [7, 11) is 0. The molecular formula is C22H23ClN2OS. The molecule has 0 amide bonds. The van der Waals surface area contributed by atoms with E-state index in [1.807, 2.05) is 54.6 Å². The van der Waals surface area contributed by atoms with Crippen molar-refractivity contribution in [3.05, 3.63) is 76.5 Å². The molecule has 3 rings (SSSR count). The maximum atomic E-state index is 12.9. The van der Waals surface area contributed by atoms with E-state index in [9.17, 15) is 4.79 Å². The molecule has 0 atom stereocenters. The Morgan fingerprint density at radius 1 is 1.07 bits per heavy atom. The second-order valence-corrected chi connectivity index (χ2v) is 8.44.